The van der Waals surface area contributed by atoms with E-state index < -0.39 is 0 Å². The second kappa shape index (κ2) is 9.79. The SMILES string of the molecule is c1ccc(-c2ccc3ccc4ccc(-c5cccc(-c6cnc7c(c6)c6ccccc6c6cccnc67)c5)nc4c3n2)cc1. The van der Waals surface area contributed by atoms with Crippen molar-refractivity contribution >= 4 is 54.4 Å². The first-order valence-corrected chi connectivity index (χ1v) is 14.7. The summed E-state index contributed by atoms with van der Waals surface area (Å²) in [5, 5.41) is 6.74. The van der Waals surface area contributed by atoms with Gasteiger partial charge in [0, 0.05) is 50.6 Å². The second-order valence-electron chi connectivity index (χ2n) is 11.1. The average molecular weight is 561 g/mol. The van der Waals surface area contributed by atoms with Crippen molar-refractivity contribution < 1.29 is 0 Å². The topological polar surface area (TPSA) is 51.6 Å². The Morgan fingerprint density at radius 3 is 1.70 bits per heavy atom. The fraction of sp³-hybridized carbons (Fsp3) is 0. The van der Waals surface area contributed by atoms with Gasteiger partial charge in [-0.25, -0.2) is 9.97 Å². The van der Waals surface area contributed by atoms with Crippen LogP contribution in [0.3, 0.4) is 0 Å². The zero-order valence-electron chi connectivity index (χ0n) is 23.6. The predicted octanol–water partition coefficient (Wildman–Crippen LogP) is 10.0. The largest absolute Gasteiger partial charge is 0.254 e. The highest BCUT2D eigenvalue weighted by Gasteiger charge is 2.13. The van der Waals surface area contributed by atoms with Gasteiger partial charge in [-0.05, 0) is 46.7 Å². The monoisotopic (exact) mass is 560 g/mol. The number of pyridine rings is 4. The van der Waals surface area contributed by atoms with Crippen LogP contribution in [0.5, 0.6) is 0 Å². The van der Waals surface area contributed by atoms with E-state index in [4.69, 9.17) is 19.9 Å². The lowest BCUT2D eigenvalue weighted by Gasteiger charge is -2.11. The van der Waals surface area contributed by atoms with Gasteiger partial charge in [0.15, 0.2) is 0 Å². The first-order valence-electron chi connectivity index (χ1n) is 14.7. The maximum absolute atomic E-state index is 5.18. The fourth-order valence-electron chi connectivity index (χ4n) is 6.34. The van der Waals surface area contributed by atoms with Crippen LogP contribution in [-0.2, 0) is 0 Å². The van der Waals surface area contributed by atoms with Crippen LogP contribution in [0.2, 0.25) is 0 Å². The molecule has 9 aromatic rings. The highest BCUT2D eigenvalue weighted by molar-refractivity contribution is 6.23. The number of hydrogen-bond acceptors (Lipinski definition) is 4. The first kappa shape index (κ1) is 24.6. The van der Waals surface area contributed by atoms with Crippen LogP contribution in [0.15, 0.2) is 146 Å². The molecule has 0 atom stereocenters. The van der Waals surface area contributed by atoms with Gasteiger partial charge in [0.2, 0.25) is 0 Å². The summed E-state index contributed by atoms with van der Waals surface area (Å²) in [5.74, 6) is 0. The lowest BCUT2D eigenvalue weighted by Crippen LogP contribution is -1.92. The standard InChI is InChI=1S/C40H24N4/c1-2-8-25(9-3-1)35-19-17-26-15-16-27-18-20-36(44-38(27)37(26)43-35)29-11-6-10-28(22-29)30-23-34-32-13-5-4-12-31(32)33-14-7-21-41-39(33)40(34)42-24-30/h1-24H. The van der Waals surface area contributed by atoms with Gasteiger partial charge in [-0.2, -0.15) is 0 Å². The Bertz CT molecular complexity index is 2520. The van der Waals surface area contributed by atoms with Crippen molar-refractivity contribution in [3.63, 3.8) is 0 Å². The van der Waals surface area contributed by atoms with Crippen molar-refractivity contribution in [3.8, 4) is 33.6 Å². The molecule has 5 aromatic carbocycles. The zero-order chi connectivity index (χ0) is 29.0. The summed E-state index contributed by atoms with van der Waals surface area (Å²) in [6.45, 7) is 0. The first-order chi connectivity index (χ1) is 21.8. The van der Waals surface area contributed by atoms with E-state index >= 15 is 0 Å². The van der Waals surface area contributed by atoms with Crippen molar-refractivity contribution in [1.29, 1.82) is 0 Å². The highest BCUT2D eigenvalue weighted by atomic mass is 14.8. The van der Waals surface area contributed by atoms with Crippen LogP contribution in [-0.4, -0.2) is 19.9 Å². The van der Waals surface area contributed by atoms with Gasteiger partial charge >= 0.3 is 0 Å². The van der Waals surface area contributed by atoms with Crippen molar-refractivity contribution in [1.82, 2.24) is 19.9 Å². The zero-order valence-corrected chi connectivity index (χ0v) is 23.6. The van der Waals surface area contributed by atoms with Gasteiger partial charge in [0.25, 0.3) is 0 Å². The van der Waals surface area contributed by atoms with E-state index in [2.05, 4.69) is 109 Å². The molecule has 0 unspecified atom stereocenters. The van der Waals surface area contributed by atoms with Crippen LogP contribution < -0.4 is 0 Å². The minimum absolute atomic E-state index is 0.904. The summed E-state index contributed by atoms with van der Waals surface area (Å²) in [5.41, 5.74) is 9.80. The van der Waals surface area contributed by atoms with Crippen molar-refractivity contribution in [2.24, 2.45) is 0 Å². The van der Waals surface area contributed by atoms with E-state index in [0.717, 1.165) is 77.3 Å². The molecule has 0 aliphatic carbocycles. The average Bonchev–Trinajstić information content (AvgIpc) is 3.11. The highest BCUT2D eigenvalue weighted by Crippen LogP contribution is 2.36. The lowest BCUT2D eigenvalue weighted by molar-refractivity contribution is 1.36. The molecule has 0 bridgehead atoms. The number of benzene rings is 5. The van der Waals surface area contributed by atoms with E-state index in [9.17, 15) is 0 Å². The van der Waals surface area contributed by atoms with E-state index in [1.807, 2.05) is 36.7 Å². The molecule has 0 amide bonds. The quantitative estimate of drug-likeness (QED) is 0.202. The molecule has 204 valence electrons. The maximum atomic E-state index is 5.18. The number of nitrogens with zero attached hydrogens (tertiary/aromatic N) is 4. The summed E-state index contributed by atoms with van der Waals surface area (Å²) in [6.07, 6.45) is 3.80. The van der Waals surface area contributed by atoms with E-state index in [0.29, 0.717) is 0 Å². The van der Waals surface area contributed by atoms with Crippen molar-refractivity contribution in [3.05, 3.63) is 146 Å². The maximum Gasteiger partial charge on any atom is 0.0972 e. The molecule has 0 fully saturated rings. The van der Waals surface area contributed by atoms with E-state index in [1.54, 1.807) is 0 Å². The number of rotatable bonds is 3. The van der Waals surface area contributed by atoms with Crippen LogP contribution in [0.1, 0.15) is 0 Å². The van der Waals surface area contributed by atoms with Gasteiger partial charge in [-0.3, -0.25) is 9.97 Å². The van der Waals surface area contributed by atoms with Gasteiger partial charge in [-0.1, -0.05) is 103 Å². The predicted molar refractivity (Wildman–Crippen MR) is 181 cm³/mol. The Morgan fingerprint density at radius 2 is 0.932 bits per heavy atom. The molecule has 0 saturated carbocycles. The molecule has 0 radical (unpaired) electrons. The smallest absolute Gasteiger partial charge is 0.0972 e. The summed E-state index contributed by atoms with van der Waals surface area (Å²) >= 11 is 0. The molecule has 9 rings (SSSR count). The molecule has 44 heavy (non-hydrogen) atoms. The molecule has 4 aromatic heterocycles. The molecule has 0 saturated heterocycles. The Balaban J connectivity index is 1.19. The Hall–Kier alpha value is -6.00. The molecule has 0 spiro atoms. The molecule has 4 nitrogen and oxygen atoms in total. The Labute approximate surface area is 253 Å². The lowest BCUT2D eigenvalue weighted by atomic mass is 9.96. The summed E-state index contributed by atoms with van der Waals surface area (Å²) in [4.78, 5) is 19.9. The fourth-order valence-corrected chi connectivity index (χ4v) is 6.34. The van der Waals surface area contributed by atoms with Crippen molar-refractivity contribution in [2.45, 2.75) is 0 Å². The number of fused-ring (bicyclic) bond motifs is 9. The van der Waals surface area contributed by atoms with Gasteiger partial charge in [0.05, 0.1) is 33.5 Å². The number of hydrogen-bond donors (Lipinski definition) is 0. The third kappa shape index (κ3) is 3.92. The second-order valence-corrected chi connectivity index (χ2v) is 11.1. The van der Waals surface area contributed by atoms with Crippen LogP contribution in [0.4, 0.5) is 0 Å². The van der Waals surface area contributed by atoms with Gasteiger partial charge in [-0.15, -0.1) is 0 Å². The summed E-state index contributed by atoms with van der Waals surface area (Å²) < 4.78 is 0. The summed E-state index contributed by atoms with van der Waals surface area (Å²) in [6, 6.07) is 46.4. The van der Waals surface area contributed by atoms with E-state index in [-0.39, 0.29) is 0 Å². The van der Waals surface area contributed by atoms with E-state index in [1.165, 1.54) is 10.8 Å². The third-order valence-electron chi connectivity index (χ3n) is 8.51. The van der Waals surface area contributed by atoms with Gasteiger partial charge in [0.1, 0.15) is 0 Å². The minimum atomic E-state index is 0.904. The molecule has 0 aliphatic rings. The molecule has 4 heteroatoms. The van der Waals surface area contributed by atoms with Crippen molar-refractivity contribution in [2.75, 3.05) is 0 Å². The minimum Gasteiger partial charge on any atom is -0.254 e. The summed E-state index contributed by atoms with van der Waals surface area (Å²) in [7, 11) is 0. The molecule has 4 heterocycles. The van der Waals surface area contributed by atoms with Gasteiger partial charge < -0.3 is 0 Å². The third-order valence-corrected chi connectivity index (χ3v) is 8.51. The van der Waals surface area contributed by atoms with Crippen LogP contribution >= 0.6 is 0 Å². The normalized spacial score (nSPS) is 11.6. The Morgan fingerprint density at radius 1 is 0.341 bits per heavy atom. The molecule has 0 aliphatic heterocycles. The molecular weight excluding hydrogens is 536 g/mol. The van der Waals surface area contributed by atoms with Crippen LogP contribution in [0, 0.1) is 0 Å². The molecular formula is C40H24N4. The number of aromatic nitrogens is 4. The van der Waals surface area contributed by atoms with Crippen LogP contribution in [0.25, 0.3) is 88.0 Å². The Kier molecular flexibility index (Phi) is 5.47. The molecule has 0 N–H and O–H groups in total.